The van der Waals surface area contributed by atoms with Crippen LogP contribution in [-0.2, 0) is 6.42 Å². The molecule has 5 heteroatoms. The molecule has 0 fully saturated rings. The molecule has 0 saturated carbocycles. The second-order valence-electron chi connectivity index (χ2n) is 5.20. The first-order valence-corrected chi connectivity index (χ1v) is 6.92. The van der Waals surface area contributed by atoms with Gasteiger partial charge in [0.15, 0.2) is 0 Å². The molecule has 1 aliphatic heterocycles. The van der Waals surface area contributed by atoms with Gasteiger partial charge in [-0.15, -0.1) is 0 Å². The van der Waals surface area contributed by atoms with Gasteiger partial charge in [-0.1, -0.05) is 0 Å². The van der Waals surface area contributed by atoms with Crippen molar-refractivity contribution < 1.29 is 9.53 Å². The number of carbonyl (C=O) groups is 1. The van der Waals surface area contributed by atoms with Crippen molar-refractivity contribution in [3.63, 3.8) is 0 Å². The number of fused-ring (bicyclic) bond motifs is 3. The maximum Gasteiger partial charge on any atom is 0.268 e. The van der Waals surface area contributed by atoms with E-state index in [0.717, 1.165) is 41.5 Å². The van der Waals surface area contributed by atoms with Crippen LogP contribution in [0.1, 0.15) is 28.9 Å². The minimum absolute atomic E-state index is 0.0246. The highest BCUT2D eigenvalue weighted by atomic mass is 16.5. The number of H-pyrrole nitrogens is 1. The molecule has 2 aromatic rings. The molecule has 0 saturated heterocycles. The Hall–Kier alpha value is -2.01. The van der Waals surface area contributed by atoms with E-state index in [-0.39, 0.29) is 11.9 Å². The van der Waals surface area contributed by atoms with Crippen LogP contribution >= 0.6 is 0 Å². The number of carbonyl (C=O) groups excluding carboxylic acids is 1. The van der Waals surface area contributed by atoms with Crippen molar-refractivity contribution in [2.24, 2.45) is 5.73 Å². The quantitative estimate of drug-likeness (QED) is 0.791. The van der Waals surface area contributed by atoms with Gasteiger partial charge in [0.05, 0.1) is 7.11 Å². The number of hydrogen-bond donors (Lipinski definition) is 3. The van der Waals surface area contributed by atoms with Crippen molar-refractivity contribution in [2.75, 3.05) is 13.7 Å². The highest BCUT2D eigenvalue weighted by Gasteiger charge is 2.27. The molecule has 20 heavy (non-hydrogen) atoms. The summed E-state index contributed by atoms with van der Waals surface area (Å²) in [5, 5.41) is 4.12. The summed E-state index contributed by atoms with van der Waals surface area (Å²) in [7, 11) is 1.65. The zero-order valence-corrected chi connectivity index (χ0v) is 11.5. The summed E-state index contributed by atoms with van der Waals surface area (Å²) >= 11 is 0. The Balaban J connectivity index is 2.01. The van der Waals surface area contributed by atoms with Gasteiger partial charge in [0, 0.05) is 16.9 Å². The first-order chi connectivity index (χ1) is 9.72. The molecule has 1 unspecified atom stereocenters. The zero-order valence-electron chi connectivity index (χ0n) is 11.5. The lowest BCUT2D eigenvalue weighted by Gasteiger charge is -2.23. The molecule has 4 N–H and O–H groups in total. The number of benzene rings is 1. The maximum absolute atomic E-state index is 12.2. The number of ether oxygens (including phenoxy) is 1. The number of hydrogen-bond acceptors (Lipinski definition) is 3. The molecule has 106 valence electrons. The first-order valence-electron chi connectivity index (χ1n) is 6.92. The third kappa shape index (κ3) is 2.14. The molecule has 2 heterocycles. The Morgan fingerprint density at radius 3 is 3.05 bits per heavy atom. The minimum atomic E-state index is -0.0246. The Kier molecular flexibility index (Phi) is 3.36. The predicted octanol–water partition coefficient (Wildman–Crippen LogP) is 1.57. The lowest BCUT2D eigenvalue weighted by Crippen LogP contribution is -2.41. The molecule has 1 aromatic carbocycles. The highest BCUT2D eigenvalue weighted by molar-refractivity contribution is 6.02. The Labute approximate surface area is 117 Å². The van der Waals surface area contributed by atoms with E-state index in [1.54, 1.807) is 7.11 Å². The molecule has 1 atom stereocenters. The predicted molar refractivity (Wildman–Crippen MR) is 78.1 cm³/mol. The number of methoxy groups -OCH3 is 1. The van der Waals surface area contributed by atoms with Crippen LogP contribution < -0.4 is 15.8 Å². The third-order valence-electron chi connectivity index (χ3n) is 3.88. The number of rotatable bonds is 4. The molecule has 1 aromatic heterocycles. The van der Waals surface area contributed by atoms with Crippen molar-refractivity contribution >= 4 is 16.8 Å². The summed E-state index contributed by atoms with van der Waals surface area (Å²) in [6.45, 7) is 0.654. The van der Waals surface area contributed by atoms with E-state index in [1.807, 2.05) is 18.2 Å². The van der Waals surface area contributed by atoms with Crippen molar-refractivity contribution in [3.05, 3.63) is 29.5 Å². The van der Waals surface area contributed by atoms with Crippen LogP contribution in [0.25, 0.3) is 10.9 Å². The summed E-state index contributed by atoms with van der Waals surface area (Å²) in [4.78, 5) is 15.4. The van der Waals surface area contributed by atoms with Gasteiger partial charge in [-0.25, -0.2) is 0 Å². The van der Waals surface area contributed by atoms with E-state index < -0.39 is 0 Å². The van der Waals surface area contributed by atoms with Crippen LogP contribution in [-0.4, -0.2) is 30.6 Å². The zero-order chi connectivity index (χ0) is 14.1. The Bertz CT molecular complexity index is 648. The Morgan fingerprint density at radius 1 is 1.45 bits per heavy atom. The van der Waals surface area contributed by atoms with E-state index in [1.165, 1.54) is 0 Å². The van der Waals surface area contributed by atoms with Crippen molar-refractivity contribution in [1.82, 2.24) is 10.3 Å². The molecule has 1 amide bonds. The van der Waals surface area contributed by atoms with E-state index in [9.17, 15) is 4.79 Å². The first kappa shape index (κ1) is 13.0. The Morgan fingerprint density at radius 2 is 2.30 bits per heavy atom. The van der Waals surface area contributed by atoms with E-state index in [2.05, 4.69) is 10.3 Å². The topological polar surface area (TPSA) is 80.1 Å². The van der Waals surface area contributed by atoms with Crippen LogP contribution in [0.2, 0.25) is 0 Å². The SMILES string of the molecule is COc1ccc2[nH]c3c(c2c1)CC(CCCN)NC3=O. The van der Waals surface area contributed by atoms with Gasteiger partial charge in [0.2, 0.25) is 0 Å². The van der Waals surface area contributed by atoms with E-state index >= 15 is 0 Å². The molecule has 3 rings (SSSR count). The van der Waals surface area contributed by atoms with Crippen LogP contribution in [0, 0.1) is 0 Å². The van der Waals surface area contributed by atoms with Gasteiger partial charge in [-0.05, 0) is 49.6 Å². The monoisotopic (exact) mass is 273 g/mol. The molecule has 5 nitrogen and oxygen atoms in total. The fourth-order valence-corrected chi connectivity index (χ4v) is 2.85. The van der Waals surface area contributed by atoms with Crippen LogP contribution in [0.3, 0.4) is 0 Å². The summed E-state index contributed by atoms with van der Waals surface area (Å²) in [5.74, 6) is 0.784. The molecular formula is C15H19N3O2. The summed E-state index contributed by atoms with van der Waals surface area (Å²) < 4.78 is 5.27. The summed E-state index contributed by atoms with van der Waals surface area (Å²) in [5.41, 5.74) is 8.29. The second-order valence-corrected chi connectivity index (χ2v) is 5.20. The van der Waals surface area contributed by atoms with Gasteiger partial charge in [-0.3, -0.25) is 4.79 Å². The minimum Gasteiger partial charge on any atom is -0.497 e. The fraction of sp³-hybridized carbons (Fsp3) is 0.400. The van der Waals surface area contributed by atoms with Gasteiger partial charge < -0.3 is 20.8 Å². The van der Waals surface area contributed by atoms with Crippen molar-refractivity contribution in [3.8, 4) is 5.75 Å². The lowest BCUT2D eigenvalue weighted by molar-refractivity contribution is 0.0918. The molecule has 0 aliphatic carbocycles. The van der Waals surface area contributed by atoms with Crippen LogP contribution in [0.15, 0.2) is 18.2 Å². The molecule has 0 bridgehead atoms. The molecule has 0 spiro atoms. The largest absolute Gasteiger partial charge is 0.497 e. The van der Waals surface area contributed by atoms with Gasteiger partial charge in [-0.2, -0.15) is 0 Å². The summed E-state index contributed by atoms with van der Waals surface area (Å²) in [6, 6.07) is 6.01. The van der Waals surface area contributed by atoms with Crippen LogP contribution in [0.4, 0.5) is 0 Å². The average Bonchev–Trinajstić information content (AvgIpc) is 2.83. The fourth-order valence-electron chi connectivity index (χ4n) is 2.85. The maximum atomic E-state index is 12.2. The summed E-state index contributed by atoms with van der Waals surface area (Å²) in [6.07, 6.45) is 2.68. The van der Waals surface area contributed by atoms with Crippen molar-refractivity contribution in [2.45, 2.75) is 25.3 Å². The number of nitrogens with one attached hydrogen (secondary N) is 2. The number of amides is 1. The number of aromatic amines is 1. The smallest absolute Gasteiger partial charge is 0.268 e. The molecular weight excluding hydrogens is 254 g/mol. The second kappa shape index (κ2) is 5.17. The van der Waals surface area contributed by atoms with E-state index in [0.29, 0.717) is 12.2 Å². The van der Waals surface area contributed by atoms with Gasteiger partial charge in [0.1, 0.15) is 11.4 Å². The number of aromatic nitrogens is 1. The molecule has 1 aliphatic rings. The van der Waals surface area contributed by atoms with Gasteiger partial charge in [0.25, 0.3) is 5.91 Å². The molecule has 0 radical (unpaired) electrons. The van der Waals surface area contributed by atoms with Crippen molar-refractivity contribution in [1.29, 1.82) is 0 Å². The van der Waals surface area contributed by atoms with Crippen LogP contribution in [0.5, 0.6) is 5.75 Å². The van der Waals surface area contributed by atoms with Gasteiger partial charge >= 0.3 is 0 Å². The standard InChI is InChI=1S/C15H19N3O2/c1-20-10-4-5-13-11(8-10)12-7-9(3-2-6-16)17-15(19)14(12)18-13/h4-5,8-9,18H,2-3,6-7,16H2,1H3,(H,17,19). The average molecular weight is 273 g/mol. The third-order valence-corrected chi connectivity index (χ3v) is 3.88. The highest BCUT2D eigenvalue weighted by Crippen LogP contribution is 2.30. The number of nitrogens with two attached hydrogens (primary N) is 1. The lowest BCUT2D eigenvalue weighted by atomic mass is 9.95. The normalized spacial score (nSPS) is 17.9. The van der Waals surface area contributed by atoms with E-state index in [4.69, 9.17) is 10.5 Å².